The first-order valence-electron chi connectivity index (χ1n) is 19.8. The second-order valence-electron chi connectivity index (χ2n) is 13.2. The average molecular weight is 672 g/mol. The van der Waals surface area contributed by atoms with E-state index in [0.29, 0.717) is 12.8 Å². The lowest BCUT2D eigenvalue weighted by atomic mass is 10.0. The summed E-state index contributed by atoms with van der Waals surface area (Å²) in [5.74, 6) is -1.27. The van der Waals surface area contributed by atoms with E-state index in [-0.39, 0.29) is 24.5 Å². The Morgan fingerprint density at radius 3 is 1.54 bits per heavy atom. The van der Waals surface area contributed by atoms with Crippen LogP contribution in [0, 0.1) is 0 Å². The van der Waals surface area contributed by atoms with Gasteiger partial charge < -0.3 is 15.2 Å². The van der Waals surface area contributed by atoms with E-state index >= 15 is 0 Å². The summed E-state index contributed by atoms with van der Waals surface area (Å²) in [6.45, 7) is 4.10. The van der Waals surface area contributed by atoms with Crippen molar-refractivity contribution in [3.8, 4) is 0 Å². The molecule has 0 aromatic carbocycles. The van der Waals surface area contributed by atoms with E-state index in [1.807, 2.05) is 0 Å². The molecule has 48 heavy (non-hydrogen) atoms. The third-order valence-electron chi connectivity index (χ3n) is 8.52. The molecule has 0 saturated carbocycles. The molecule has 0 fully saturated rings. The number of aliphatic carboxylic acids is 1. The number of amides is 1. The van der Waals surface area contributed by atoms with Gasteiger partial charge in [0.15, 0.2) is 0 Å². The fraction of sp³-hybridized carbons (Fsp3) is 0.738. The van der Waals surface area contributed by atoms with Crippen LogP contribution in [0.4, 0.5) is 0 Å². The van der Waals surface area contributed by atoms with Crippen LogP contribution in [-0.2, 0) is 19.1 Å². The molecule has 0 aliphatic carbocycles. The number of ether oxygens (including phenoxy) is 1. The van der Waals surface area contributed by atoms with Crippen molar-refractivity contribution in [2.75, 3.05) is 6.54 Å². The molecule has 1 unspecified atom stereocenters. The molecular formula is C42H73NO5. The maximum absolute atomic E-state index is 12.7. The highest BCUT2D eigenvalue weighted by Gasteiger charge is 2.14. The van der Waals surface area contributed by atoms with Gasteiger partial charge in [-0.2, -0.15) is 0 Å². The van der Waals surface area contributed by atoms with E-state index in [0.717, 1.165) is 96.3 Å². The molecule has 1 amide bonds. The molecule has 0 saturated heterocycles. The molecule has 0 aromatic heterocycles. The first-order chi connectivity index (χ1) is 23.5. The number of nitrogens with one attached hydrogen (secondary N) is 1. The minimum absolute atomic E-state index is 0.00666. The standard InChI is InChI=1S/C42H73NO5/c1-3-5-7-9-11-13-15-16-17-18-20-22-24-29-33-37-42(47)48-39(34-30-26-23-21-19-14-12-10-8-6-4-2)35-31-27-25-28-32-36-40(44)43-38-41(45)46/h5,7,11,13,16-17,20,22,39H,3-4,6,8-10,12,14-15,18-19,21,23-38H2,1-2H3,(H,43,44)(H,45,46)/b7-5-,13-11-,17-16-,22-20-. The summed E-state index contributed by atoms with van der Waals surface area (Å²) in [7, 11) is 0. The molecule has 6 heteroatoms. The molecule has 2 N–H and O–H groups in total. The SMILES string of the molecule is CC/C=C\C/C=C\C/C=C\C/C=C\CCCCC(=O)OC(CCCCCCCCCCCCC)CCCCCCCC(=O)NCC(=O)O. The lowest BCUT2D eigenvalue weighted by Gasteiger charge is -2.18. The van der Waals surface area contributed by atoms with E-state index < -0.39 is 5.97 Å². The Hall–Kier alpha value is -2.63. The van der Waals surface area contributed by atoms with Gasteiger partial charge in [0.1, 0.15) is 12.6 Å². The molecule has 0 heterocycles. The monoisotopic (exact) mass is 672 g/mol. The molecule has 0 aromatic rings. The number of carbonyl (C=O) groups is 3. The van der Waals surface area contributed by atoms with Gasteiger partial charge in [-0.1, -0.05) is 146 Å². The molecule has 276 valence electrons. The number of allylic oxidation sites excluding steroid dienone is 8. The molecular weight excluding hydrogens is 598 g/mol. The summed E-state index contributed by atoms with van der Waals surface area (Å²) in [4.78, 5) is 34.9. The highest BCUT2D eigenvalue weighted by molar-refractivity contribution is 5.80. The predicted molar refractivity (Wildman–Crippen MR) is 203 cm³/mol. The molecule has 0 rings (SSSR count). The maximum atomic E-state index is 12.7. The highest BCUT2D eigenvalue weighted by atomic mass is 16.5. The first kappa shape index (κ1) is 45.4. The summed E-state index contributed by atoms with van der Waals surface area (Å²) in [6, 6.07) is 0. The Bertz CT molecular complexity index is 875. The second-order valence-corrected chi connectivity index (χ2v) is 13.2. The fourth-order valence-corrected chi connectivity index (χ4v) is 5.62. The van der Waals surface area contributed by atoms with E-state index in [4.69, 9.17) is 9.84 Å². The Morgan fingerprint density at radius 1 is 0.562 bits per heavy atom. The van der Waals surface area contributed by atoms with Gasteiger partial charge in [-0.15, -0.1) is 0 Å². The number of rotatable bonds is 35. The molecule has 0 aliphatic heterocycles. The van der Waals surface area contributed by atoms with Crippen molar-refractivity contribution >= 4 is 17.8 Å². The van der Waals surface area contributed by atoms with E-state index in [1.165, 1.54) is 64.2 Å². The maximum Gasteiger partial charge on any atom is 0.322 e. The van der Waals surface area contributed by atoms with Gasteiger partial charge >= 0.3 is 11.9 Å². The first-order valence-corrected chi connectivity index (χ1v) is 19.8. The molecule has 0 aliphatic rings. The summed E-state index contributed by atoms with van der Waals surface area (Å²) in [5, 5.41) is 11.1. The molecule has 6 nitrogen and oxygen atoms in total. The van der Waals surface area contributed by atoms with Crippen LogP contribution in [0.2, 0.25) is 0 Å². The lowest BCUT2D eigenvalue weighted by Crippen LogP contribution is -2.28. The van der Waals surface area contributed by atoms with Gasteiger partial charge in [0.25, 0.3) is 0 Å². The molecule has 0 spiro atoms. The number of carbonyl (C=O) groups excluding carboxylic acids is 2. The van der Waals surface area contributed by atoms with Crippen molar-refractivity contribution < 1.29 is 24.2 Å². The number of unbranched alkanes of at least 4 members (excludes halogenated alkanes) is 16. The van der Waals surface area contributed by atoms with Gasteiger partial charge in [0.05, 0.1) is 0 Å². The van der Waals surface area contributed by atoms with Crippen molar-refractivity contribution in [1.29, 1.82) is 0 Å². The minimum atomic E-state index is -1.02. The zero-order valence-corrected chi connectivity index (χ0v) is 31.1. The number of esters is 1. The topological polar surface area (TPSA) is 92.7 Å². The van der Waals surface area contributed by atoms with Crippen LogP contribution in [0.5, 0.6) is 0 Å². The molecule has 0 bridgehead atoms. The zero-order chi connectivity index (χ0) is 35.2. The molecule has 0 radical (unpaired) electrons. The largest absolute Gasteiger partial charge is 0.480 e. The van der Waals surface area contributed by atoms with Gasteiger partial charge in [-0.05, 0) is 77.0 Å². The van der Waals surface area contributed by atoms with Gasteiger partial charge in [0, 0.05) is 12.8 Å². The summed E-state index contributed by atoms with van der Waals surface area (Å²) in [6.07, 6.45) is 46.5. The van der Waals surface area contributed by atoms with Crippen LogP contribution >= 0.6 is 0 Å². The summed E-state index contributed by atoms with van der Waals surface area (Å²) < 4.78 is 5.99. The van der Waals surface area contributed by atoms with Crippen LogP contribution in [0.3, 0.4) is 0 Å². The second kappa shape index (κ2) is 37.2. The van der Waals surface area contributed by atoms with Crippen LogP contribution in [-0.4, -0.2) is 35.6 Å². The fourth-order valence-electron chi connectivity index (χ4n) is 5.62. The van der Waals surface area contributed by atoms with Gasteiger partial charge in [0.2, 0.25) is 5.91 Å². The Morgan fingerprint density at radius 2 is 1.02 bits per heavy atom. The normalized spacial score (nSPS) is 12.5. The Labute approximate surface area is 295 Å². The third kappa shape index (κ3) is 36.2. The van der Waals surface area contributed by atoms with E-state index in [1.54, 1.807) is 0 Å². The van der Waals surface area contributed by atoms with Gasteiger partial charge in [-0.25, -0.2) is 0 Å². The van der Waals surface area contributed by atoms with Crippen LogP contribution in [0.15, 0.2) is 48.6 Å². The van der Waals surface area contributed by atoms with E-state index in [9.17, 15) is 14.4 Å². The zero-order valence-electron chi connectivity index (χ0n) is 31.1. The van der Waals surface area contributed by atoms with Crippen molar-refractivity contribution in [3.63, 3.8) is 0 Å². The Kier molecular flexibility index (Phi) is 35.2. The quantitative estimate of drug-likeness (QED) is 0.0397. The van der Waals surface area contributed by atoms with Crippen LogP contribution in [0.25, 0.3) is 0 Å². The predicted octanol–water partition coefficient (Wildman–Crippen LogP) is 11.9. The van der Waals surface area contributed by atoms with Crippen molar-refractivity contribution in [2.45, 2.75) is 193 Å². The van der Waals surface area contributed by atoms with E-state index in [2.05, 4.69) is 67.8 Å². The minimum Gasteiger partial charge on any atom is -0.480 e. The number of hydrogen-bond acceptors (Lipinski definition) is 4. The van der Waals surface area contributed by atoms with Crippen molar-refractivity contribution in [2.24, 2.45) is 0 Å². The van der Waals surface area contributed by atoms with Crippen molar-refractivity contribution in [3.05, 3.63) is 48.6 Å². The Balaban J connectivity index is 4.26. The lowest BCUT2D eigenvalue weighted by molar-refractivity contribution is -0.150. The summed E-state index contributed by atoms with van der Waals surface area (Å²) in [5.41, 5.74) is 0. The number of carboxylic acids is 1. The third-order valence-corrected chi connectivity index (χ3v) is 8.52. The summed E-state index contributed by atoms with van der Waals surface area (Å²) >= 11 is 0. The van der Waals surface area contributed by atoms with Crippen LogP contribution < -0.4 is 5.32 Å². The smallest absolute Gasteiger partial charge is 0.322 e. The van der Waals surface area contributed by atoms with Gasteiger partial charge in [-0.3, -0.25) is 14.4 Å². The van der Waals surface area contributed by atoms with Crippen LogP contribution in [0.1, 0.15) is 187 Å². The highest BCUT2D eigenvalue weighted by Crippen LogP contribution is 2.18. The van der Waals surface area contributed by atoms with Crippen molar-refractivity contribution in [1.82, 2.24) is 5.32 Å². The average Bonchev–Trinajstić information content (AvgIpc) is 3.07. The molecule has 1 atom stereocenters. The number of hydrogen-bond donors (Lipinski definition) is 2. The number of carboxylic acid groups (broad SMARTS) is 1.